The molecule has 1 aliphatic carbocycles. The Bertz CT molecular complexity index is 451. The molecule has 1 heterocycles. The van der Waals surface area contributed by atoms with Crippen molar-refractivity contribution in [1.82, 2.24) is 9.78 Å². The number of nitrogens with one attached hydrogen (secondary N) is 1. The molecule has 1 N–H and O–H groups in total. The monoisotopic (exact) mass is 252 g/mol. The highest BCUT2D eigenvalue weighted by atomic mass is 16.6. The summed E-state index contributed by atoms with van der Waals surface area (Å²) in [5.74, 6) is 1.35. The molecule has 1 aromatic rings. The summed E-state index contributed by atoms with van der Waals surface area (Å²) in [5, 5.41) is 18.6. The molecule has 0 aliphatic heterocycles. The van der Waals surface area contributed by atoms with Crippen LogP contribution in [0.4, 0.5) is 11.5 Å². The lowest BCUT2D eigenvalue weighted by atomic mass is 10.1. The van der Waals surface area contributed by atoms with Crippen LogP contribution in [0.1, 0.15) is 38.8 Å². The molecule has 18 heavy (non-hydrogen) atoms. The summed E-state index contributed by atoms with van der Waals surface area (Å²) >= 11 is 0. The first-order chi connectivity index (χ1) is 8.52. The Hall–Kier alpha value is -1.59. The van der Waals surface area contributed by atoms with Gasteiger partial charge in [-0.05, 0) is 33.1 Å². The van der Waals surface area contributed by atoms with Gasteiger partial charge in [-0.15, -0.1) is 0 Å². The van der Waals surface area contributed by atoms with Crippen LogP contribution in [0, 0.1) is 23.0 Å². The van der Waals surface area contributed by atoms with Gasteiger partial charge in [-0.25, -0.2) is 4.68 Å². The molecule has 0 spiro atoms. The number of hydrogen-bond donors (Lipinski definition) is 1. The number of nitrogens with zero attached hydrogens (tertiary/aromatic N) is 3. The van der Waals surface area contributed by atoms with Crippen molar-refractivity contribution in [3.63, 3.8) is 0 Å². The summed E-state index contributed by atoms with van der Waals surface area (Å²) in [6, 6.07) is 0.248. The summed E-state index contributed by atoms with van der Waals surface area (Å²) in [5.41, 5.74) is 0.586. The first-order valence-corrected chi connectivity index (χ1v) is 6.51. The fourth-order valence-electron chi connectivity index (χ4n) is 2.31. The predicted octanol–water partition coefficient (Wildman–Crippen LogP) is 2.72. The molecular formula is C12H20N4O2. The van der Waals surface area contributed by atoms with E-state index in [9.17, 15) is 10.1 Å². The van der Waals surface area contributed by atoms with Gasteiger partial charge in [-0.1, -0.05) is 12.8 Å². The zero-order valence-electron chi connectivity index (χ0n) is 11.1. The van der Waals surface area contributed by atoms with E-state index in [0.29, 0.717) is 18.1 Å². The molecule has 6 nitrogen and oxygen atoms in total. The number of aromatic nitrogens is 2. The van der Waals surface area contributed by atoms with Gasteiger partial charge in [0.1, 0.15) is 5.69 Å². The van der Waals surface area contributed by atoms with E-state index in [0.717, 1.165) is 12.3 Å². The highest BCUT2D eigenvalue weighted by Crippen LogP contribution is 2.35. The molecule has 1 saturated carbocycles. The Morgan fingerprint density at radius 2 is 2.28 bits per heavy atom. The molecule has 1 atom stereocenters. The Balaban J connectivity index is 2.20. The van der Waals surface area contributed by atoms with Gasteiger partial charge in [0.25, 0.3) is 0 Å². The molecule has 1 fully saturated rings. The van der Waals surface area contributed by atoms with E-state index in [2.05, 4.69) is 17.3 Å². The molecule has 0 saturated heterocycles. The van der Waals surface area contributed by atoms with Crippen LogP contribution in [0.3, 0.4) is 0 Å². The van der Waals surface area contributed by atoms with Gasteiger partial charge in [-0.3, -0.25) is 10.1 Å². The second-order valence-electron chi connectivity index (χ2n) is 5.08. The fraction of sp³-hybridized carbons (Fsp3) is 0.750. The molecule has 1 aromatic heterocycles. The lowest BCUT2D eigenvalue weighted by Gasteiger charge is -2.14. The first-order valence-electron chi connectivity index (χ1n) is 6.51. The van der Waals surface area contributed by atoms with Crippen LogP contribution in [0.2, 0.25) is 0 Å². The van der Waals surface area contributed by atoms with Gasteiger partial charge >= 0.3 is 5.69 Å². The Morgan fingerprint density at radius 3 is 2.78 bits per heavy atom. The highest BCUT2D eigenvalue weighted by Gasteiger charge is 2.28. The summed E-state index contributed by atoms with van der Waals surface area (Å²) < 4.78 is 1.68. The number of hydrogen-bond acceptors (Lipinski definition) is 4. The summed E-state index contributed by atoms with van der Waals surface area (Å²) in [6.45, 7) is 6.32. The maximum atomic E-state index is 11.1. The Kier molecular flexibility index (Phi) is 3.54. The van der Waals surface area contributed by atoms with Crippen molar-refractivity contribution in [3.8, 4) is 0 Å². The lowest BCUT2D eigenvalue weighted by Crippen LogP contribution is -2.19. The van der Waals surface area contributed by atoms with Crippen molar-refractivity contribution in [2.75, 3.05) is 5.32 Å². The molecule has 2 rings (SSSR count). The van der Waals surface area contributed by atoms with Crippen molar-refractivity contribution in [3.05, 3.63) is 15.8 Å². The Morgan fingerprint density at radius 1 is 1.61 bits per heavy atom. The molecule has 1 unspecified atom stereocenters. The van der Waals surface area contributed by atoms with Crippen LogP contribution in [0.5, 0.6) is 0 Å². The van der Waals surface area contributed by atoms with Crippen LogP contribution in [-0.2, 0) is 6.54 Å². The zero-order chi connectivity index (χ0) is 13.3. The average molecular weight is 252 g/mol. The quantitative estimate of drug-likeness (QED) is 0.624. The van der Waals surface area contributed by atoms with Crippen LogP contribution in [-0.4, -0.2) is 20.7 Å². The second-order valence-corrected chi connectivity index (χ2v) is 5.08. The van der Waals surface area contributed by atoms with Crippen LogP contribution in [0.15, 0.2) is 0 Å². The minimum Gasteiger partial charge on any atom is -0.362 e. The normalized spacial score (nSPS) is 16.6. The van der Waals surface area contributed by atoms with E-state index >= 15 is 0 Å². The van der Waals surface area contributed by atoms with E-state index in [1.54, 1.807) is 11.6 Å². The third-order valence-electron chi connectivity index (χ3n) is 3.34. The third kappa shape index (κ3) is 2.63. The molecular weight excluding hydrogens is 232 g/mol. The molecule has 0 radical (unpaired) electrons. The topological polar surface area (TPSA) is 73.0 Å². The van der Waals surface area contributed by atoms with Crippen molar-refractivity contribution in [1.29, 1.82) is 0 Å². The summed E-state index contributed by atoms with van der Waals surface area (Å²) in [7, 11) is 0. The first kappa shape index (κ1) is 12.9. The molecule has 6 heteroatoms. The molecule has 0 aromatic carbocycles. The SMILES string of the molecule is CCn1nc(C)c([N+](=O)[O-])c1NC(C)CC1CC1. The molecule has 0 bridgehead atoms. The van der Waals surface area contributed by atoms with E-state index in [4.69, 9.17) is 0 Å². The van der Waals surface area contributed by atoms with Gasteiger partial charge in [0, 0.05) is 12.6 Å². The van der Waals surface area contributed by atoms with Gasteiger partial charge in [0.05, 0.1) is 4.92 Å². The molecule has 100 valence electrons. The van der Waals surface area contributed by atoms with E-state index in [-0.39, 0.29) is 16.7 Å². The van der Waals surface area contributed by atoms with Crippen molar-refractivity contribution in [2.24, 2.45) is 5.92 Å². The smallest absolute Gasteiger partial charge is 0.333 e. The van der Waals surface area contributed by atoms with E-state index in [1.807, 2.05) is 6.92 Å². The van der Waals surface area contributed by atoms with Crippen molar-refractivity contribution >= 4 is 11.5 Å². The summed E-state index contributed by atoms with van der Waals surface area (Å²) in [4.78, 5) is 10.8. The van der Waals surface area contributed by atoms with Crippen molar-refractivity contribution < 1.29 is 4.92 Å². The van der Waals surface area contributed by atoms with Crippen LogP contribution < -0.4 is 5.32 Å². The maximum Gasteiger partial charge on any atom is 0.333 e. The highest BCUT2D eigenvalue weighted by molar-refractivity contribution is 5.59. The average Bonchev–Trinajstić information content (AvgIpc) is 3.02. The van der Waals surface area contributed by atoms with E-state index < -0.39 is 0 Å². The lowest BCUT2D eigenvalue weighted by molar-refractivity contribution is -0.384. The van der Waals surface area contributed by atoms with Crippen molar-refractivity contribution in [2.45, 2.75) is 52.6 Å². The third-order valence-corrected chi connectivity index (χ3v) is 3.34. The number of aryl methyl sites for hydroxylation is 2. The predicted molar refractivity (Wildman–Crippen MR) is 69.7 cm³/mol. The van der Waals surface area contributed by atoms with Crippen LogP contribution >= 0.6 is 0 Å². The largest absolute Gasteiger partial charge is 0.362 e. The number of anilines is 1. The Labute approximate surface area is 107 Å². The minimum absolute atomic E-state index is 0.111. The molecule has 1 aliphatic rings. The molecule has 0 amide bonds. The number of nitro groups is 1. The van der Waals surface area contributed by atoms with Gasteiger partial charge in [0.2, 0.25) is 5.82 Å². The zero-order valence-corrected chi connectivity index (χ0v) is 11.1. The van der Waals surface area contributed by atoms with Crippen LogP contribution in [0.25, 0.3) is 0 Å². The minimum atomic E-state index is -0.347. The van der Waals surface area contributed by atoms with E-state index in [1.165, 1.54) is 12.8 Å². The standard InChI is InChI=1S/C12H20N4O2/c1-4-15-12(11(16(17)18)9(3)14-15)13-8(2)7-10-5-6-10/h8,10,13H,4-7H2,1-3H3. The number of rotatable bonds is 6. The summed E-state index contributed by atoms with van der Waals surface area (Å²) in [6.07, 6.45) is 3.66. The maximum absolute atomic E-state index is 11.1. The van der Waals surface area contributed by atoms with Gasteiger partial charge in [-0.2, -0.15) is 5.10 Å². The van der Waals surface area contributed by atoms with Gasteiger partial charge in [0.15, 0.2) is 0 Å². The second kappa shape index (κ2) is 4.96. The van der Waals surface area contributed by atoms with Gasteiger partial charge < -0.3 is 5.32 Å². The fourth-order valence-corrected chi connectivity index (χ4v) is 2.31.